The van der Waals surface area contributed by atoms with Gasteiger partial charge in [0.25, 0.3) is 0 Å². The molecule has 3 nitrogen and oxygen atoms in total. The molecule has 1 N–H and O–H groups in total. The second-order valence-corrected chi connectivity index (χ2v) is 6.35. The monoisotopic (exact) mass is 279 g/mol. The molecule has 1 aliphatic heterocycles. The predicted molar refractivity (Wildman–Crippen MR) is 81.4 cm³/mol. The summed E-state index contributed by atoms with van der Waals surface area (Å²) in [5.74, 6) is 1.98. The highest BCUT2D eigenvalue weighted by molar-refractivity contribution is 5.47. The first-order valence-corrected chi connectivity index (χ1v) is 7.66. The third-order valence-electron chi connectivity index (χ3n) is 3.73. The molecule has 0 saturated carbocycles. The lowest BCUT2D eigenvalue weighted by Crippen LogP contribution is -2.36. The SMILES string of the molecule is CC(C)CNCc1cc(F)cnc1N1CCCC(C)C1. The van der Waals surface area contributed by atoms with E-state index in [9.17, 15) is 4.39 Å². The van der Waals surface area contributed by atoms with Crippen molar-refractivity contribution in [1.29, 1.82) is 0 Å². The molecule has 1 saturated heterocycles. The molecular formula is C16H26FN3. The number of hydrogen-bond donors (Lipinski definition) is 1. The summed E-state index contributed by atoms with van der Waals surface area (Å²) >= 11 is 0. The lowest BCUT2D eigenvalue weighted by atomic mass is 10.00. The normalized spacial score (nSPS) is 19.6. The lowest BCUT2D eigenvalue weighted by molar-refractivity contribution is 0.442. The highest BCUT2D eigenvalue weighted by Crippen LogP contribution is 2.24. The van der Waals surface area contributed by atoms with Gasteiger partial charge in [-0.25, -0.2) is 9.37 Å². The van der Waals surface area contributed by atoms with Gasteiger partial charge in [-0.3, -0.25) is 0 Å². The standard InChI is InChI=1S/C16H26FN3/c1-12(2)8-18-9-14-7-15(17)10-19-16(14)20-6-4-5-13(3)11-20/h7,10,12-13,18H,4-6,8-9,11H2,1-3H3. The Balaban J connectivity index is 2.10. The Bertz CT molecular complexity index is 434. The molecule has 20 heavy (non-hydrogen) atoms. The Morgan fingerprint density at radius 1 is 1.50 bits per heavy atom. The van der Waals surface area contributed by atoms with Crippen molar-refractivity contribution in [2.24, 2.45) is 11.8 Å². The minimum absolute atomic E-state index is 0.250. The van der Waals surface area contributed by atoms with E-state index in [-0.39, 0.29) is 5.82 Å². The maximum absolute atomic E-state index is 13.5. The van der Waals surface area contributed by atoms with Crippen LogP contribution in [0.15, 0.2) is 12.3 Å². The van der Waals surface area contributed by atoms with E-state index in [1.165, 1.54) is 19.0 Å². The second-order valence-electron chi connectivity index (χ2n) is 6.35. The van der Waals surface area contributed by atoms with E-state index < -0.39 is 0 Å². The summed E-state index contributed by atoms with van der Waals surface area (Å²) in [5, 5.41) is 3.39. The van der Waals surface area contributed by atoms with Crippen LogP contribution in [0.2, 0.25) is 0 Å². The third kappa shape index (κ3) is 4.17. The van der Waals surface area contributed by atoms with Gasteiger partial charge in [-0.2, -0.15) is 0 Å². The Labute approximate surface area is 121 Å². The summed E-state index contributed by atoms with van der Waals surface area (Å²) in [5.41, 5.74) is 0.972. The number of nitrogens with one attached hydrogen (secondary N) is 1. The molecule has 1 aromatic heterocycles. The van der Waals surface area contributed by atoms with Crippen molar-refractivity contribution in [3.05, 3.63) is 23.6 Å². The molecule has 0 spiro atoms. The first-order valence-electron chi connectivity index (χ1n) is 7.66. The van der Waals surface area contributed by atoms with E-state index in [1.54, 1.807) is 6.07 Å². The Morgan fingerprint density at radius 3 is 3.00 bits per heavy atom. The topological polar surface area (TPSA) is 28.2 Å². The molecule has 4 heteroatoms. The van der Waals surface area contributed by atoms with E-state index in [1.807, 2.05) is 0 Å². The molecule has 0 bridgehead atoms. The smallest absolute Gasteiger partial charge is 0.141 e. The van der Waals surface area contributed by atoms with Gasteiger partial charge in [0, 0.05) is 25.2 Å². The van der Waals surface area contributed by atoms with E-state index in [0.29, 0.717) is 18.4 Å². The summed E-state index contributed by atoms with van der Waals surface area (Å²) in [4.78, 5) is 6.65. The number of aromatic nitrogens is 1. The van der Waals surface area contributed by atoms with E-state index in [4.69, 9.17) is 0 Å². The Morgan fingerprint density at radius 2 is 2.30 bits per heavy atom. The summed E-state index contributed by atoms with van der Waals surface area (Å²) in [6.45, 7) is 10.3. The minimum atomic E-state index is -0.250. The van der Waals surface area contributed by atoms with Gasteiger partial charge in [0.1, 0.15) is 11.6 Å². The van der Waals surface area contributed by atoms with Crippen LogP contribution in [0.25, 0.3) is 0 Å². The quantitative estimate of drug-likeness (QED) is 0.897. The predicted octanol–water partition coefficient (Wildman–Crippen LogP) is 3.20. The second kappa shape index (κ2) is 7.02. The van der Waals surface area contributed by atoms with Crippen molar-refractivity contribution in [1.82, 2.24) is 10.3 Å². The fourth-order valence-corrected chi connectivity index (χ4v) is 2.77. The van der Waals surface area contributed by atoms with Crippen LogP contribution in [0.3, 0.4) is 0 Å². The molecule has 1 aromatic rings. The fraction of sp³-hybridized carbons (Fsp3) is 0.688. The molecule has 0 radical (unpaired) electrons. The largest absolute Gasteiger partial charge is 0.356 e. The van der Waals surface area contributed by atoms with Crippen LogP contribution in [0.1, 0.15) is 39.2 Å². The molecular weight excluding hydrogens is 253 g/mol. The van der Waals surface area contributed by atoms with Crippen LogP contribution in [-0.2, 0) is 6.54 Å². The molecule has 2 rings (SSSR count). The third-order valence-corrected chi connectivity index (χ3v) is 3.73. The van der Waals surface area contributed by atoms with Crippen molar-refractivity contribution >= 4 is 5.82 Å². The highest BCUT2D eigenvalue weighted by Gasteiger charge is 2.20. The van der Waals surface area contributed by atoms with Crippen LogP contribution in [0.5, 0.6) is 0 Å². The van der Waals surface area contributed by atoms with Crippen LogP contribution in [0.4, 0.5) is 10.2 Å². The van der Waals surface area contributed by atoms with Gasteiger partial charge in [0.05, 0.1) is 6.20 Å². The Hall–Kier alpha value is -1.16. The minimum Gasteiger partial charge on any atom is -0.356 e. The van der Waals surface area contributed by atoms with E-state index in [2.05, 4.69) is 36.0 Å². The summed E-state index contributed by atoms with van der Waals surface area (Å²) in [6.07, 6.45) is 3.80. The maximum Gasteiger partial charge on any atom is 0.141 e. The molecule has 1 atom stereocenters. The summed E-state index contributed by atoms with van der Waals surface area (Å²) < 4.78 is 13.5. The molecule has 112 valence electrons. The van der Waals surface area contributed by atoms with Gasteiger partial charge in [-0.05, 0) is 37.3 Å². The summed E-state index contributed by atoms with van der Waals surface area (Å²) in [7, 11) is 0. The van der Waals surface area contributed by atoms with Crippen molar-refractivity contribution in [3.8, 4) is 0 Å². The molecule has 0 aliphatic carbocycles. The van der Waals surface area contributed by atoms with Crippen LogP contribution >= 0.6 is 0 Å². The van der Waals surface area contributed by atoms with Crippen molar-refractivity contribution < 1.29 is 4.39 Å². The number of piperidine rings is 1. The highest BCUT2D eigenvalue weighted by atomic mass is 19.1. The zero-order valence-electron chi connectivity index (χ0n) is 12.8. The number of nitrogens with zero attached hydrogens (tertiary/aromatic N) is 2. The van der Waals surface area contributed by atoms with Gasteiger partial charge >= 0.3 is 0 Å². The average molecular weight is 279 g/mol. The number of rotatable bonds is 5. The van der Waals surface area contributed by atoms with Crippen molar-refractivity contribution in [2.45, 2.75) is 40.2 Å². The molecule has 1 fully saturated rings. The van der Waals surface area contributed by atoms with Crippen LogP contribution < -0.4 is 10.2 Å². The molecule has 1 aliphatic rings. The summed E-state index contributed by atoms with van der Waals surface area (Å²) in [6, 6.07) is 1.62. The van der Waals surface area contributed by atoms with Crippen molar-refractivity contribution in [3.63, 3.8) is 0 Å². The average Bonchev–Trinajstić information content (AvgIpc) is 2.38. The molecule has 0 amide bonds. The molecule has 2 heterocycles. The van der Waals surface area contributed by atoms with Gasteiger partial charge < -0.3 is 10.2 Å². The fourth-order valence-electron chi connectivity index (χ4n) is 2.77. The van der Waals surface area contributed by atoms with E-state index >= 15 is 0 Å². The van der Waals surface area contributed by atoms with Gasteiger partial charge in [-0.15, -0.1) is 0 Å². The maximum atomic E-state index is 13.5. The number of pyridine rings is 1. The van der Waals surface area contributed by atoms with Gasteiger partial charge in [-0.1, -0.05) is 20.8 Å². The number of hydrogen-bond acceptors (Lipinski definition) is 3. The van der Waals surface area contributed by atoms with Gasteiger partial charge in [0.2, 0.25) is 0 Å². The number of halogens is 1. The zero-order valence-corrected chi connectivity index (χ0v) is 12.8. The zero-order chi connectivity index (χ0) is 14.5. The molecule has 0 aromatic carbocycles. The van der Waals surface area contributed by atoms with Crippen LogP contribution in [0, 0.1) is 17.7 Å². The first-order chi connectivity index (χ1) is 9.56. The first kappa shape index (κ1) is 15.2. The van der Waals surface area contributed by atoms with Gasteiger partial charge in [0.15, 0.2) is 0 Å². The molecule has 1 unspecified atom stereocenters. The lowest BCUT2D eigenvalue weighted by Gasteiger charge is -2.33. The number of anilines is 1. The Kier molecular flexibility index (Phi) is 5.35. The van der Waals surface area contributed by atoms with Crippen molar-refractivity contribution in [2.75, 3.05) is 24.5 Å². The van der Waals surface area contributed by atoms with Crippen LogP contribution in [-0.4, -0.2) is 24.6 Å². The van der Waals surface area contributed by atoms with E-state index in [0.717, 1.165) is 31.0 Å².